The summed E-state index contributed by atoms with van der Waals surface area (Å²) < 4.78 is 32.2. The number of hydrogen-bond acceptors (Lipinski definition) is 9. The second-order valence-corrected chi connectivity index (χ2v) is 13.3. The summed E-state index contributed by atoms with van der Waals surface area (Å²) in [6.07, 6.45) is 22.8. The number of carbonyl (C=O) groups excluding carboxylic acids is 2. The van der Waals surface area contributed by atoms with E-state index in [9.17, 15) is 29.3 Å². The summed E-state index contributed by atoms with van der Waals surface area (Å²) in [7, 11) is -4.61. The third-order valence-corrected chi connectivity index (χ3v) is 8.52. The van der Waals surface area contributed by atoms with Crippen molar-refractivity contribution in [2.45, 2.75) is 174 Å². The minimum atomic E-state index is -4.61. The van der Waals surface area contributed by atoms with E-state index in [2.05, 4.69) is 13.8 Å². The van der Waals surface area contributed by atoms with Gasteiger partial charge < -0.3 is 24.6 Å². The highest BCUT2D eigenvalue weighted by Gasteiger charge is 2.27. The Hall–Kier alpha value is -1.03. The van der Waals surface area contributed by atoms with E-state index < -0.39 is 58.4 Å². The van der Waals surface area contributed by atoms with Gasteiger partial charge in [-0.3, -0.25) is 18.6 Å². The molecule has 0 bridgehead atoms. The molecule has 0 aliphatic heterocycles. The molecule has 3 atom stereocenters. The molecule has 0 radical (unpaired) electrons. The van der Waals surface area contributed by atoms with E-state index in [1.165, 1.54) is 77.0 Å². The maximum Gasteiger partial charge on any atom is 0.472 e. The molecule has 0 saturated carbocycles. The number of aliphatic hydroxyl groups is 2. The third-order valence-electron chi connectivity index (χ3n) is 7.57. The van der Waals surface area contributed by atoms with E-state index >= 15 is 0 Å². The van der Waals surface area contributed by atoms with Gasteiger partial charge in [-0.1, -0.05) is 136 Å². The van der Waals surface area contributed by atoms with Gasteiger partial charge in [-0.2, -0.15) is 0 Å². The fourth-order valence-corrected chi connectivity index (χ4v) is 5.60. The molecule has 44 heavy (non-hydrogen) atoms. The van der Waals surface area contributed by atoms with Crippen molar-refractivity contribution in [1.29, 1.82) is 0 Å². The van der Waals surface area contributed by atoms with E-state index in [1.807, 2.05) is 0 Å². The van der Waals surface area contributed by atoms with Crippen LogP contribution in [0.15, 0.2) is 0 Å². The zero-order valence-corrected chi connectivity index (χ0v) is 28.8. The zero-order valence-electron chi connectivity index (χ0n) is 27.9. The number of rotatable bonds is 33. The van der Waals surface area contributed by atoms with E-state index in [0.717, 1.165) is 44.9 Å². The number of esters is 2. The normalized spacial score (nSPS) is 14.2. The summed E-state index contributed by atoms with van der Waals surface area (Å²) in [6.45, 7) is 2.09. The van der Waals surface area contributed by atoms with E-state index in [4.69, 9.17) is 18.5 Å². The molecule has 0 aliphatic rings. The van der Waals surface area contributed by atoms with E-state index in [1.54, 1.807) is 0 Å². The van der Waals surface area contributed by atoms with Gasteiger partial charge in [-0.15, -0.1) is 0 Å². The van der Waals surface area contributed by atoms with Crippen LogP contribution in [0.1, 0.15) is 162 Å². The Morgan fingerprint density at radius 2 is 0.795 bits per heavy atom. The Morgan fingerprint density at radius 3 is 1.07 bits per heavy atom. The molecule has 0 aromatic carbocycles. The van der Waals surface area contributed by atoms with Crippen molar-refractivity contribution in [1.82, 2.24) is 0 Å². The predicted octanol–water partition coefficient (Wildman–Crippen LogP) is 7.94. The molecule has 0 heterocycles. The van der Waals surface area contributed by atoms with Crippen LogP contribution in [-0.2, 0) is 32.7 Å². The van der Waals surface area contributed by atoms with Crippen LogP contribution in [0.3, 0.4) is 0 Å². The molecule has 3 unspecified atom stereocenters. The standard InChI is InChI=1S/C33H65O10P/c1-3-5-7-9-10-11-12-13-14-15-16-17-18-19-21-23-25-33(37)43-31(27-35)29-41-44(38,39)40-28-30(26-34)42-32(36)24-22-20-8-6-4-2/h30-31,34-35H,3-29H2,1-2H3,(H,38,39). The van der Waals surface area contributed by atoms with Crippen LogP contribution >= 0.6 is 7.82 Å². The number of ether oxygens (including phenoxy) is 2. The van der Waals surface area contributed by atoms with Gasteiger partial charge >= 0.3 is 19.8 Å². The number of unbranched alkanes of at least 4 members (excludes halogenated alkanes) is 19. The summed E-state index contributed by atoms with van der Waals surface area (Å²) in [4.78, 5) is 34.0. The smallest absolute Gasteiger partial charge is 0.457 e. The Balaban J connectivity index is 3.91. The largest absolute Gasteiger partial charge is 0.472 e. The molecule has 10 nitrogen and oxygen atoms in total. The first-order chi connectivity index (χ1) is 21.3. The van der Waals surface area contributed by atoms with Crippen molar-refractivity contribution in [3.63, 3.8) is 0 Å². The van der Waals surface area contributed by atoms with Crippen LogP contribution in [0.2, 0.25) is 0 Å². The molecule has 3 N–H and O–H groups in total. The zero-order chi connectivity index (χ0) is 32.7. The molecule has 0 aliphatic carbocycles. The Kier molecular flexibility index (Phi) is 29.9. The summed E-state index contributed by atoms with van der Waals surface area (Å²) in [5, 5.41) is 18.9. The molecular weight excluding hydrogens is 587 g/mol. The number of phosphoric acid groups is 1. The summed E-state index contributed by atoms with van der Waals surface area (Å²) >= 11 is 0. The van der Waals surface area contributed by atoms with Gasteiger partial charge in [0.1, 0.15) is 12.2 Å². The number of phosphoric ester groups is 1. The molecule has 0 spiro atoms. The molecule has 0 rings (SSSR count). The lowest BCUT2D eigenvalue weighted by Crippen LogP contribution is -2.28. The molecule has 0 saturated heterocycles. The van der Waals surface area contributed by atoms with Gasteiger partial charge in [0.25, 0.3) is 0 Å². The molecule has 0 fully saturated rings. The van der Waals surface area contributed by atoms with Crippen LogP contribution < -0.4 is 0 Å². The first-order valence-corrected chi connectivity index (χ1v) is 19.0. The van der Waals surface area contributed by atoms with Crippen LogP contribution in [-0.4, -0.2) is 65.7 Å². The van der Waals surface area contributed by atoms with Crippen molar-refractivity contribution in [2.75, 3.05) is 26.4 Å². The topological polar surface area (TPSA) is 149 Å². The van der Waals surface area contributed by atoms with E-state index in [-0.39, 0.29) is 12.8 Å². The van der Waals surface area contributed by atoms with Gasteiger partial charge in [-0.05, 0) is 12.8 Å². The highest BCUT2D eigenvalue weighted by molar-refractivity contribution is 7.47. The lowest BCUT2D eigenvalue weighted by molar-refractivity contribution is -0.153. The quantitative estimate of drug-likeness (QED) is 0.0362. The molecule has 0 aromatic heterocycles. The van der Waals surface area contributed by atoms with Crippen molar-refractivity contribution in [3.8, 4) is 0 Å². The van der Waals surface area contributed by atoms with E-state index in [0.29, 0.717) is 12.8 Å². The highest BCUT2D eigenvalue weighted by Crippen LogP contribution is 2.43. The van der Waals surface area contributed by atoms with Crippen LogP contribution in [0.5, 0.6) is 0 Å². The van der Waals surface area contributed by atoms with Crippen molar-refractivity contribution >= 4 is 19.8 Å². The summed E-state index contributed by atoms with van der Waals surface area (Å²) in [5.74, 6) is -1.02. The Morgan fingerprint density at radius 1 is 0.523 bits per heavy atom. The van der Waals surface area contributed by atoms with Gasteiger partial charge in [0.15, 0.2) is 0 Å². The first kappa shape index (κ1) is 43.0. The molecular formula is C33H65O10P. The van der Waals surface area contributed by atoms with Crippen molar-refractivity contribution < 1.29 is 47.8 Å². The average Bonchev–Trinajstić information content (AvgIpc) is 3.00. The van der Waals surface area contributed by atoms with Crippen molar-refractivity contribution in [2.24, 2.45) is 0 Å². The minimum absolute atomic E-state index is 0.191. The second-order valence-electron chi connectivity index (χ2n) is 11.9. The van der Waals surface area contributed by atoms with Crippen molar-refractivity contribution in [3.05, 3.63) is 0 Å². The Bertz CT molecular complexity index is 721. The number of aliphatic hydroxyl groups excluding tert-OH is 2. The first-order valence-electron chi connectivity index (χ1n) is 17.5. The van der Waals surface area contributed by atoms with Crippen LogP contribution in [0.4, 0.5) is 0 Å². The second kappa shape index (κ2) is 30.6. The van der Waals surface area contributed by atoms with Gasteiger partial charge in [0.2, 0.25) is 0 Å². The SMILES string of the molecule is CCCCCCCCCCCCCCCCCCC(=O)OC(CO)COP(=O)(O)OCC(CO)OC(=O)CCCCCCC. The van der Waals surface area contributed by atoms with Gasteiger partial charge in [-0.25, -0.2) is 4.57 Å². The molecule has 0 aromatic rings. The summed E-state index contributed by atoms with van der Waals surface area (Å²) in [6, 6.07) is 0. The van der Waals surface area contributed by atoms with Crippen LogP contribution in [0, 0.1) is 0 Å². The highest BCUT2D eigenvalue weighted by atomic mass is 31.2. The lowest BCUT2D eigenvalue weighted by Gasteiger charge is -2.20. The maximum absolute atomic E-state index is 12.2. The van der Waals surface area contributed by atoms with Crippen LogP contribution in [0.25, 0.3) is 0 Å². The number of hydrogen-bond donors (Lipinski definition) is 3. The fourth-order valence-electron chi connectivity index (χ4n) is 4.82. The fraction of sp³-hybridized carbons (Fsp3) is 0.939. The monoisotopic (exact) mass is 652 g/mol. The molecule has 11 heteroatoms. The predicted molar refractivity (Wildman–Crippen MR) is 173 cm³/mol. The van der Waals surface area contributed by atoms with Gasteiger partial charge in [0.05, 0.1) is 26.4 Å². The average molecular weight is 653 g/mol. The maximum atomic E-state index is 12.2. The van der Waals surface area contributed by atoms with Gasteiger partial charge in [0, 0.05) is 12.8 Å². The molecule has 262 valence electrons. The summed E-state index contributed by atoms with van der Waals surface area (Å²) in [5.41, 5.74) is 0. The third kappa shape index (κ3) is 28.4. The Labute approximate surface area is 267 Å². The number of carbonyl (C=O) groups is 2. The minimum Gasteiger partial charge on any atom is -0.457 e. The molecule has 0 amide bonds. The lowest BCUT2D eigenvalue weighted by atomic mass is 10.0.